The Kier molecular flexibility index (Phi) is 4.92. The van der Waals surface area contributed by atoms with Crippen molar-refractivity contribution < 1.29 is 4.74 Å². The number of benzene rings is 2. The van der Waals surface area contributed by atoms with Crippen molar-refractivity contribution in [1.29, 1.82) is 5.41 Å². The number of alkyl halides is 3. The molecule has 0 unspecified atom stereocenters. The minimum atomic E-state index is -1.87. The van der Waals surface area contributed by atoms with E-state index in [0.717, 1.165) is 11.1 Å². The van der Waals surface area contributed by atoms with E-state index in [4.69, 9.17) is 44.9 Å². The largest absolute Gasteiger partial charge is 0.465 e. The van der Waals surface area contributed by atoms with Crippen LogP contribution in [0.2, 0.25) is 0 Å². The SMILES string of the molecule is N=C(OC(c1ccccc1)c1ccccc1)C(Cl)(Cl)Cl. The quantitative estimate of drug-likeness (QED) is 0.472. The molecule has 0 aliphatic heterocycles. The molecule has 0 aliphatic rings. The maximum Gasteiger partial charge on any atom is 0.265 e. The van der Waals surface area contributed by atoms with Gasteiger partial charge in [-0.15, -0.1) is 0 Å². The highest BCUT2D eigenvalue weighted by Gasteiger charge is 2.31. The lowest BCUT2D eigenvalue weighted by molar-refractivity contribution is 0.226. The molecule has 0 saturated heterocycles. The van der Waals surface area contributed by atoms with Crippen LogP contribution < -0.4 is 0 Å². The van der Waals surface area contributed by atoms with Gasteiger partial charge >= 0.3 is 0 Å². The van der Waals surface area contributed by atoms with E-state index in [0.29, 0.717) is 0 Å². The molecule has 0 atom stereocenters. The van der Waals surface area contributed by atoms with Gasteiger partial charge in [0.15, 0.2) is 6.10 Å². The van der Waals surface area contributed by atoms with Gasteiger partial charge in [0.1, 0.15) is 0 Å². The first-order chi connectivity index (χ1) is 9.48. The molecular weight excluding hydrogens is 317 g/mol. The molecule has 0 radical (unpaired) electrons. The highest BCUT2D eigenvalue weighted by molar-refractivity contribution is 6.76. The molecule has 2 aromatic carbocycles. The monoisotopic (exact) mass is 327 g/mol. The Balaban J connectivity index is 2.34. The van der Waals surface area contributed by atoms with Crippen LogP contribution in [0.25, 0.3) is 0 Å². The van der Waals surface area contributed by atoms with Gasteiger partial charge in [0.2, 0.25) is 5.90 Å². The van der Waals surface area contributed by atoms with Gasteiger partial charge in [-0.2, -0.15) is 0 Å². The Hall–Kier alpha value is -1.22. The van der Waals surface area contributed by atoms with Crippen LogP contribution in [-0.2, 0) is 4.74 Å². The zero-order chi connectivity index (χ0) is 14.6. The lowest BCUT2D eigenvalue weighted by Crippen LogP contribution is -2.24. The minimum absolute atomic E-state index is 0.403. The van der Waals surface area contributed by atoms with Gasteiger partial charge in [-0.05, 0) is 11.1 Å². The molecule has 0 saturated carbocycles. The summed E-state index contributed by atoms with van der Waals surface area (Å²) in [7, 11) is 0. The molecule has 0 aromatic heterocycles. The molecule has 2 rings (SSSR count). The topological polar surface area (TPSA) is 33.1 Å². The Labute approximate surface area is 132 Å². The Morgan fingerprint density at radius 3 is 1.60 bits per heavy atom. The third-order valence-corrected chi connectivity index (χ3v) is 3.21. The molecule has 0 amide bonds. The number of hydrogen-bond acceptors (Lipinski definition) is 2. The lowest BCUT2D eigenvalue weighted by atomic mass is 10.0. The summed E-state index contributed by atoms with van der Waals surface area (Å²) in [5, 5.41) is 7.75. The Morgan fingerprint density at radius 2 is 1.25 bits per heavy atom. The molecule has 5 heteroatoms. The molecule has 20 heavy (non-hydrogen) atoms. The van der Waals surface area contributed by atoms with Gasteiger partial charge in [-0.3, -0.25) is 5.41 Å². The standard InChI is InChI=1S/C15H12Cl3NO/c16-15(17,18)14(19)20-13(11-7-3-1-4-8-11)12-9-5-2-6-10-12/h1-10,13,19H. The summed E-state index contributed by atoms with van der Waals surface area (Å²) in [6.07, 6.45) is -0.486. The summed E-state index contributed by atoms with van der Waals surface area (Å²) < 4.78 is 3.70. The van der Waals surface area contributed by atoms with Crippen LogP contribution >= 0.6 is 34.8 Å². The summed E-state index contributed by atoms with van der Waals surface area (Å²) in [6.45, 7) is 0. The molecule has 0 spiro atoms. The third-order valence-electron chi connectivity index (χ3n) is 2.70. The van der Waals surface area contributed by atoms with E-state index < -0.39 is 15.8 Å². The van der Waals surface area contributed by atoms with Crippen LogP contribution in [0.5, 0.6) is 0 Å². The zero-order valence-electron chi connectivity index (χ0n) is 10.4. The van der Waals surface area contributed by atoms with Crippen molar-refractivity contribution in [2.45, 2.75) is 9.90 Å². The van der Waals surface area contributed by atoms with E-state index >= 15 is 0 Å². The van der Waals surface area contributed by atoms with Crippen LogP contribution in [0.4, 0.5) is 0 Å². The second-order valence-electron chi connectivity index (χ2n) is 4.15. The predicted molar refractivity (Wildman–Crippen MR) is 83.8 cm³/mol. The molecule has 0 bridgehead atoms. The first-order valence-electron chi connectivity index (χ1n) is 5.91. The van der Waals surface area contributed by atoms with Gasteiger partial charge in [-0.1, -0.05) is 95.5 Å². The van der Waals surface area contributed by atoms with Crippen LogP contribution in [0, 0.1) is 5.41 Å². The smallest absolute Gasteiger partial charge is 0.265 e. The van der Waals surface area contributed by atoms with Gasteiger partial charge in [-0.25, -0.2) is 0 Å². The summed E-state index contributed by atoms with van der Waals surface area (Å²) in [5.74, 6) is -0.403. The summed E-state index contributed by atoms with van der Waals surface area (Å²) in [5.41, 5.74) is 1.77. The fourth-order valence-corrected chi connectivity index (χ4v) is 1.90. The average Bonchev–Trinajstić information content (AvgIpc) is 2.45. The van der Waals surface area contributed by atoms with E-state index in [1.807, 2.05) is 60.7 Å². The first kappa shape index (κ1) is 15.2. The number of halogens is 3. The maximum atomic E-state index is 7.75. The van der Waals surface area contributed by atoms with Gasteiger partial charge in [0.25, 0.3) is 3.79 Å². The number of nitrogens with one attached hydrogen (secondary N) is 1. The molecule has 0 fully saturated rings. The Bertz CT molecular complexity index is 527. The van der Waals surface area contributed by atoms with E-state index in [2.05, 4.69) is 0 Å². The predicted octanol–water partition coefficient (Wildman–Crippen LogP) is 5.14. The van der Waals surface area contributed by atoms with E-state index in [-0.39, 0.29) is 0 Å². The number of hydrogen-bond donors (Lipinski definition) is 1. The van der Waals surface area contributed by atoms with Crippen LogP contribution in [0.1, 0.15) is 17.2 Å². The number of rotatable bonds is 3. The summed E-state index contributed by atoms with van der Waals surface area (Å²) in [4.78, 5) is 0. The van der Waals surface area contributed by atoms with Crippen LogP contribution in [-0.4, -0.2) is 9.69 Å². The Morgan fingerprint density at radius 1 is 0.850 bits per heavy atom. The van der Waals surface area contributed by atoms with Crippen molar-refractivity contribution >= 4 is 40.7 Å². The van der Waals surface area contributed by atoms with Crippen molar-refractivity contribution in [3.63, 3.8) is 0 Å². The van der Waals surface area contributed by atoms with Gasteiger partial charge in [0.05, 0.1) is 0 Å². The highest BCUT2D eigenvalue weighted by Crippen LogP contribution is 2.33. The van der Waals surface area contributed by atoms with Gasteiger partial charge in [0, 0.05) is 0 Å². The van der Waals surface area contributed by atoms with E-state index in [1.54, 1.807) is 0 Å². The van der Waals surface area contributed by atoms with E-state index in [1.165, 1.54) is 0 Å². The van der Waals surface area contributed by atoms with Crippen LogP contribution in [0.3, 0.4) is 0 Å². The van der Waals surface area contributed by atoms with Crippen molar-refractivity contribution in [1.82, 2.24) is 0 Å². The fourth-order valence-electron chi connectivity index (χ4n) is 1.77. The molecular formula is C15H12Cl3NO. The third kappa shape index (κ3) is 3.89. The zero-order valence-corrected chi connectivity index (χ0v) is 12.7. The second kappa shape index (κ2) is 6.49. The van der Waals surface area contributed by atoms with Crippen molar-refractivity contribution in [3.05, 3.63) is 71.8 Å². The average molecular weight is 329 g/mol. The molecule has 0 aliphatic carbocycles. The van der Waals surface area contributed by atoms with Crippen molar-refractivity contribution in [2.75, 3.05) is 0 Å². The molecule has 2 aromatic rings. The summed E-state index contributed by atoms with van der Waals surface area (Å²) >= 11 is 17.1. The molecule has 2 nitrogen and oxygen atoms in total. The fraction of sp³-hybridized carbons (Fsp3) is 0.133. The van der Waals surface area contributed by atoms with Crippen LogP contribution in [0.15, 0.2) is 60.7 Å². The first-order valence-corrected chi connectivity index (χ1v) is 7.04. The summed E-state index contributed by atoms with van der Waals surface area (Å²) in [6, 6.07) is 19.0. The molecule has 1 N–H and O–H groups in total. The molecule has 0 heterocycles. The minimum Gasteiger partial charge on any atom is -0.465 e. The molecule has 104 valence electrons. The van der Waals surface area contributed by atoms with E-state index in [9.17, 15) is 0 Å². The maximum absolute atomic E-state index is 7.75. The van der Waals surface area contributed by atoms with Crippen molar-refractivity contribution in [3.8, 4) is 0 Å². The normalized spacial score (nSPS) is 11.4. The highest BCUT2D eigenvalue weighted by atomic mass is 35.6. The van der Waals surface area contributed by atoms with Crippen molar-refractivity contribution in [2.24, 2.45) is 0 Å². The van der Waals surface area contributed by atoms with Gasteiger partial charge < -0.3 is 4.74 Å². The number of ether oxygens (including phenoxy) is 1. The lowest BCUT2D eigenvalue weighted by Gasteiger charge is -2.23. The second-order valence-corrected chi connectivity index (χ2v) is 6.43.